The summed E-state index contributed by atoms with van der Waals surface area (Å²) in [5.41, 5.74) is 0.556. The summed E-state index contributed by atoms with van der Waals surface area (Å²) < 4.78 is 27.0. The average molecular weight is 428 g/mol. The van der Waals surface area contributed by atoms with Gasteiger partial charge in [0.1, 0.15) is 0 Å². The standard InChI is InChI=1S/C20H29N3O3S.ClH/c24-19(20-9-5-4-8-18(20)14-21-16-20)22-10-12-23(13-11-22)27(25,26)15-17-6-2-1-3-7-17;/h1-3,6-7,18,21H,4-5,8-16H2;1H/t18-,20+;/m0./s1. The van der Waals surface area contributed by atoms with E-state index in [0.717, 1.165) is 37.9 Å². The molecule has 4 rings (SSSR count). The summed E-state index contributed by atoms with van der Waals surface area (Å²) >= 11 is 0. The molecule has 28 heavy (non-hydrogen) atoms. The molecule has 1 aromatic carbocycles. The van der Waals surface area contributed by atoms with E-state index >= 15 is 0 Å². The number of rotatable bonds is 4. The smallest absolute Gasteiger partial charge is 0.230 e. The normalized spacial score (nSPS) is 28.4. The third kappa shape index (κ3) is 4.08. The fourth-order valence-corrected chi connectivity index (χ4v) is 6.54. The van der Waals surface area contributed by atoms with Crippen molar-refractivity contribution in [3.8, 4) is 0 Å². The highest BCUT2D eigenvalue weighted by Gasteiger charge is 2.51. The van der Waals surface area contributed by atoms with Crippen LogP contribution in [0.2, 0.25) is 0 Å². The molecule has 156 valence electrons. The number of halogens is 1. The van der Waals surface area contributed by atoms with E-state index in [1.807, 2.05) is 35.2 Å². The molecule has 3 aliphatic rings. The molecule has 0 bridgehead atoms. The third-order valence-electron chi connectivity index (χ3n) is 6.58. The molecule has 3 fully saturated rings. The zero-order chi connectivity index (χ0) is 18.9. The number of benzene rings is 1. The van der Waals surface area contributed by atoms with Crippen LogP contribution in [-0.4, -0.2) is 62.8 Å². The second-order valence-corrected chi connectivity index (χ2v) is 10.1. The van der Waals surface area contributed by atoms with Gasteiger partial charge in [-0.25, -0.2) is 8.42 Å². The van der Waals surface area contributed by atoms with Gasteiger partial charge in [-0.2, -0.15) is 4.31 Å². The van der Waals surface area contributed by atoms with Crippen LogP contribution in [0.5, 0.6) is 0 Å². The van der Waals surface area contributed by atoms with Crippen LogP contribution in [-0.2, 0) is 20.6 Å². The maximum absolute atomic E-state index is 13.3. The Bertz CT molecular complexity index is 781. The topological polar surface area (TPSA) is 69.7 Å². The van der Waals surface area contributed by atoms with Crippen molar-refractivity contribution in [1.82, 2.24) is 14.5 Å². The summed E-state index contributed by atoms with van der Waals surface area (Å²) in [5, 5.41) is 3.43. The van der Waals surface area contributed by atoms with Crippen molar-refractivity contribution in [2.75, 3.05) is 39.3 Å². The lowest BCUT2D eigenvalue weighted by Crippen LogP contribution is -2.56. The molecule has 1 saturated carbocycles. The number of sulfonamides is 1. The van der Waals surface area contributed by atoms with Gasteiger partial charge in [-0.15, -0.1) is 12.4 Å². The minimum atomic E-state index is -3.35. The van der Waals surface area contributed by atoms with Crippen LogP contribution in [0.1, 0.15) is 31.2 Å². The summed E-state index contributed by atoms with van der Waals surface area (Å²) in [6, 6.07) is 9.28. The molecule has 0 unspecified atom stereocenters. The summed E-state index contributed by atoms with van der Waals surface area (Å²) in [6.45, 7) is 3.52. The number of nitrogens with zero attached hydrogens (tertiary/aromatic N) is 2. The first-order chi connectivity index (χ1) is 13.0. The number of nitrogens with one attached hydrogen (secondary N) is 1. The summed E-state index contributed by atoms with van der Waals surface area (Å²) in [7, 11) is -3.35. The van der Waals surface area contributed by atoms with E-state index in [1.165, 1.54) is 6.42 Å². The van der Waals surface area contributed by atoms with E-state index < -0.39 is 10.0 Å². The highest BCUT2D eigenvalue weighted by atomic mass is 35.5. The Balaban J connectivity index is 0.00000225. The molecule has 2 heterocycles. The van der Waals surface area contributed by atoms with Crippen LogP contribution in [0.25, 0.3) is 0 Å². The van der Waals surface area contributed by atoms with Gasteiger partial charge < -0.3 is 10.2 Å². The van der Waals surface area contributed by atoms with Crippen LogP contribution >= 0.6 is 12.4 Å². The summed E-state index contributed by atoms with van der Waals surface area (Å²) in [4.78, 5) is 15.2. The fraction of sp³-hybridized carbons (Fsp3) is 0.650. The zero-order valence-electron chi connectivity index (χ0n) is 16.2. The molecule has 0 radical (unpaired) electrons. The van der Waals surface area contributed by atoms with Crippen LogP contribution in [0.15, 0.2) is 30.3 Å². The maximum atomic E-state index is 13.3. The Morgan fingerprint density at radius 2 is 1.82 bits per heavy atom. The molecule has 6 nitrogen and oxygen atoms in total. The Labute approximate surface area is 174 Å². The number of carbonyl (C=O) groups excluding carboxylic acids is 1. The van der Waals surface area contributed by atoms with Gasteiger partial charge >= 0.3 is 0 Å². The molecular formula is C20H30ClN3O3S. The molecule has 0 aromatic heterocycles. The van der Waals surface area contributed by atoms with Crippen molar-refractivity contribution in [1.29, 1.82) is 0 Å². The van der Waals surface area contributed by atoms with Crippen molar-refractivity contribution in [3.63, 3.8) is 0 Å². The SMILES string of the molecule is Cl.O=C(N1CCN(S(=O)(=O)Cc2ccccc2)CC1)[C@@]12CCCC[C@H]1CNC2. The molecule has 1 N–H and O–H groups in total. The van der Waals surface area contributed by atoms with Crippen molar-refractivity contribution < 1.29 is 13.2 Å². The second kappa shape index (κ2) is 8.69. The van der Waals surface area contributed by atoms with Gasteiger partial charge in [0.25, 0.3) is 0 Å². The number of hydrogen-bond donors (Lipinski definition) is 1. The first-order valence-electron chi connectivity index (χ1n) is 10.0. The van der Waals surface area contributed by atoms with Crippen molar-refractivity contribution >= 4 is 28.3 Å². The molecule has 0 spiro atoms. The molecule has 1 aliphatic carbocycles. The predicted molar refractivity (Wildman–Crippen MR) is 112 cm³/mol. The quantitative estimate of drug-likeness (QED) is 0.796. The molecule has 2 aliphatic heterocycles. The minimum absolute atomic E-state index is 0. The number of amides is 1. The monoisotopic (exact) mass is 427 g/mol. The molecular weight excluding hydrogens is 398 g/mol. The first kappa shape index (κ1) is 21.6. The van der Waals surface area contributed by atoms with Gasteiger partial charge in [0.15, 0.2) is 0 Å². The Hall–Kier alpha value is -1.15. The van der Waals surface area contributed by atoms with E-state index in [9.17, 15) is 13.2 Å². The van der Waals surface area contributed by atoms with Gasteiger partial charge in [0, 0.05) is 32.7 Å². The lowest BCUT2D eigenvalue weighted by atomic mass is 9.67. The van der Waals surface area contributed by atoms with Gasteiger partial charge in [-0.05, 0) is 30.9 Å². The van der Waals surface area contributed by atoms with Gasteiger partial charge in [-0.1, -0.05) is 43.2 Å². The van der Waals surface area contributed by atoms with Crippen molar-refractivity contribution in [3.05, 3.63) is 35.9 Å². The van der Waals surface area contributed by atoms with Crippen LogP contribution in [0.4, 0.5) is 0 Å². The maximum Gasteiger partial charge on any atom is 0.230 e. The van der Waals surface area contributed by atoms with Crippen LogP contribution in [0.3, 0.4) is 0 Å². The average Bonchev–Trinajstić information content (AvgIpc) is 3.13. The number of piperazine rings is 1. The summed E-state index contributed by atoms with van der Waals surface area (Å²) in [5.74, 6) is 0.716. The number of hydrogen-bond acceptors (Lipinski definition) is 4. The zero-order valence-corrected chi connectivity index (χ0v) is 17.8. The van der Waals surface area contributed by atoms with Crippen LogP contribution in [0, 0.1) is 11.3 Å². The molecule has 1 amide bonds. The van der Waals surface area contributed by atoms with E-state index in [2.05, 4.69) is 5.32 Å². The summed E-state index contributed by atoms with van der Waals surface area (Å²) in [6.07, 6.45) is 4.43. The van der Waals surface area contributed by atoms with Crippen molar-refractivity contribution in [2.45, 2.75) is 31.4 Å². The lowest BCUT2D eigenvalue weighted by molar-refractivity contribution is -0.146. The van der Waals surface area contributed by atoms with Crippen molar-refractivity contribution in [2.24, 2.45) is 11.3 Å². The Morgan fingerprint density at radius 1 is 1.11 bits per heavy atom. The predicted octanol–water partition coefficient (Wildman–Crippen LogP) is 1.86. The molecule has 1 aromatic rings. The van der Waals surface area contributed by atoms with E-state index in [-0.39, 0.29) is 29.5 Å². The van der Waals surface area contributed by atoms with Gasteiger partial charge in [0.2, 0.25) is 15.9 Å². The molecule has 2 atom stereocenters. The third-order valence-corrected chi connectivity index (χ3v) is 8.43. The van der Waals surface area contributed by atoms with Crippen LogP contribution < -0.4 is 5.32 Å². The molecule has 8 heteroatoms. The second-order valence-electron chi connectivity index (χ2n) is 8.16. The number of fused-ring (bicyclic) bond motifs is 1. The van der Waals surface area contributed by atoms with Gasteiger partial charge in [0.05, 0.1) is 11.2 Å². The molecule has 2 saturated heterocycles. The lowest BCUT2D eigenvalue weighted by Gasteiger charge is -2.43. The fourth-order valence-electron chi connectivity index (χ4n) is 5.03. The van der Waals surface area contributed by atoms with E-state index in [4.69, 9.17) is 0 Å². The minimum Gasteiger partial charge on any atom is -0.340 e. The van der Waals surface area contributed by atoms with E-state index in [1.54, 1.807) is 4.31 Å². The highest BCUT2D eigenvalue weighted by Crippen LogP contribution is 2.45. The van der Waals surface area contributed by atoms with E-state index in [0.29, 0.717) is 32.1 Å². The Kier molecular flexibility index (Phi) is 6.69. The largest absolute Gasteiger partial charge is 0.340 e. The van der Waals surface area contributed by atoms with Gasteiger partial charge in [-0.3, -0.25) is 4.79 Å². The Morgan fingerprint density at radius 3 is 2.54 bits per heavy atom. The highest BCUT2D eigenvalue weighted by molar-refractivity contribution is 7.88. The first-order valence-corrected chi connectivity index (χ1v) is 11.6. The number of carbonyl (C=O) groups is 1.